The van der Waals surface area contributed by atoms with Crippen molar-refractivity contribution in [3.63, 3.8) is 0 Å². The highest BCUT2D eigenvalue weighted by molar-refractivity contribution is 6.33. The van der Waals surface area contributed by atoms with Crippen molar-refractivity contribution in [3.05, 3.63) is 52.6 Å². The van der Waals surface area contributed by atoms with E-state index in [0.29, 0.717) is 5.75 Å². The van der Waals surface area contributed by atoms with Crippen LogP contribution in [0, 0.1) is 11.6 Å². The molecule has 104 valence electrons. The van der Waals surface area contributed by atoms with Gasteiger partial charge in [-0.25, -0.2) is 13.6 Å². The number of methoxy groups -OCH3 is 1. The van der Waals surface area contributed by atoms with Crippen LogP contribution in [-0.2, 0) is 0 Å². The Morgan fingerprint density at radius 2 is 1.85 bits per heavy atom. The fraction of sp³-hybridized carbons (Fsp3) is 0.0714. The molecule has 3 nitrogen and oxygen atoms in total. The third-order valence-electron chi connectivity index (χ3n) is 2.75. The van der Waals surface area contributed by atoms with Crippen LogP contribution in [0.15, 0.2) is 30.3 Å². The first-order valence-electron chi connectivity index (χ1n) is 5.50. The first-order valence-corrected chi connectivity index (χ1v) is 5.88. The van der Waals surface area contributed by atoms with E-state index >= 15 is 0 Å². The Bertz CT molecular complexity index is 686. The molecule has 6 heteroatoms. The lowest BCUT2D eigenvalue weighted by atomic mass is 10.0. The van der Waals surface area contributed by atoms with E-state index in [0.717, 1.165) is 18.2 Å². The summed E-state index contributed by atoms with van der Waals surface area (Å²) in [6.45, 7) is 0. The Labute approximate surface area is 118 Å². The van der Waals surface area contributed by atoms with Gasteiger partial charge in [0, 0.05) is 22.2 Å². The van der Waals surface area contributed by atoms with Gasteiger partial charge in [-0.05, 0) is 24.3 Å². The maximum Gasteiger partial charge on any atom is 0.338 e. The molecule has 0 radical (unpaired) electrons. The van der Waals surface area contributed by atoms with Gasteiger partial charge in [0.25, 0.3) is 0 Å². The minimum atomic E-state index is -1.44. The Hall–Kier alpha value is -2.14. The van der Waals surface area contributed by atoms with E-state index in [4.69, 9.17) is 21.4 Å². The Morgan fingerprint density at radius 3 is 2.40 bits per heavy atom. The van der Waals surface area contributed by atoms with Crippen molar-refractivity contribution < 1.29 is 23.4 Å². The summed E-state index contributed by atoms with van der Waals surface area (Å²) in [4.78, 5) is 10.8. The SMILES string of the molecule is COc1ccc(-c2cc(F)c(C(=O)O)cc2Cl)c(F)c1. The molecule has 0 fully saturated rings. The molecule has 1 N–H and O–H groups in total. The number of carboxylic acids is 1. The average molecular weight is 299 g/mol. The van der Waals surface area contributed by atoms with E-state index in [-0.39, 0.29) is 16.1 Å². The lowest BCUT2D eigenvalue weighted by Gasteiger charge is -2.09. The van der Waals surface area contributed by atoms with Gasteiger partial charge in [0.05, 0.1) is 12.7 Å². The molecule has 0 bridgehead atoms. The largest absolute Gasteiger partial charge is 0.497 e. The van der Waals surface area contributed by atoms with Gasteiger partial charge < -0.3 is 9.84 Å². The summed E-state index contributed by atoms with van der Waals surface area (Å²) >= 11 is 5.90. The zero-order chi connectivity index (χ0) is 14.9. The Kier molecular flexibility index (Phi) is 3.90. The molecule has 2 aromatic rings. The fourth-order valence-electron chi connectivity index (χ4n) is 1.76. The van der Waals surface area contributed by atoms with Gasteiger partial charge in [0.2, 0.25) is 0 Å². The van der Waals surface area contributed by atoms with Gasteiger partial charge in [-0.15, -0.1) is 0 Å². The van der Waals surface area contributed by atoms with Gasteiger partial charge in [0.15, 0.2) is 0 Å². The maximum atomic E-state index is 13.9. The number of carbonyl (C=O) groups is 1. The lowest BCUT2D eigenvalue weighted by molar-refractivity contribution is 0.0692. The minimum absolute atomic E-state index is 0.0483. The molecule has 0 aliphatic rings. The van der Waals surface area contributed by atoms with E-state index in [1.165, 1.54) is 19.2 Å². The Balaban J connectivity index is 2.59. The fourth-order valence-corrected chi connectivity index (χ4v) is 2.02. The lowest BCUT2D eigenvalue weighted by Crippen LogP contribution is -2.01. The molecule has 0 amide bonds. The number of hydrogen-bond acceptors (Lipinski definition) is 2. The highest BCUT2D eigenvalue weighted by Gasteiger charge is 2.17. The maximum absolute atomic E-state index is 13.9. The van der Waals surface area contributed by atoms with Gasteiger partial charge in [-0.3, -0.25) is 0 Å². The summed E-state index contributed by atoms with van der Waals surface area (Å²) in [5.41, 5.74) is -0.423. The second-order valence-corrected chi connectivity index (χ2v) is 4.37. The van der Waals surface area contributed by atoms with Gasteiger partial charge in [-0.2, -0.15) is 0 Å². The first-order chi connectivity index (χ1) is 9.43. The standard InChI is InChI=1S/C14H9ClF2O3/c1-20-7-2-3-8(12(16)4-7)9-6-13(17)10(14(18)19)5-11(9)15/h2-6H,1H3,(H,18,19). The molecule has 0 saturated carbocycles. The van der Waals surface area contributed by atoms with Crippen LogP contribution in [0.4, 0.5) is 8.78 Å². The van der Waals surface area contributed by atoms with E-state index in [1.54, 1.807) is 0 Å². The monoisotopic (exact) mass is 298 g/mol. The van der Waals surface area contributed by atoms with E-state index < -0.39 is 23.2 Å². The van der Waals surface area contributed by atoms with E-state index in [1.807, 2.05) is 0 Å². The topological polar surface area (TPSA) is 46.5 Å². The van der Waals surface area contributed by atoms with Crippen LogP contribution < -0.4 is 4.74 Å². The summed E-state index contributed by atoms with van der Waals surface area (Å²) in [7, 11) is 1.39. The van der Waals surface area contributed by atoms with Crippen LogP contribution in [0.5, 0.6) is 5.75 Å². The van der Waals surface area contributed by atoms with Gasteiger partial charge in [-0.1, -0.05) is 11.6 Å². The van der Waals surface area contributed by atoms with Crippen molar-refractivity contribution in [2.24, 2.45) is 0 Å². The summed E-state index contributed by atoms with van der Waals surface area (Å²) in [6.07, 6.45) is 0. The Morgan fingerprint density at radius 1 is 1.15 bits per heavy atom. The molecule has 0 spiro atoms. The highest BCUT2D eigenvalue weighted by atomic mass is 35.5. The molecule has 0 aliphatic heterocycles. The van der Waals surface area contributed by atoms with Gasteiger partial charge >= 0.3 is 5.97 Å². The van der Waals surface area contributed by atoms with Crippen molar-refractivity contribution in [1.29, 1.82) is 0 Å². The predicted molar refractivity (Wildman–Crippen MR) is 70.3 cm³/mol. The molecule has 0 saturated heterocycles. The van der Waals surface area contributed by atoms with E-state index in [9.17, 15) is 13.6 Å². The number of rotatable bonds is 3. The van der Waals surface area contributed by atoms with Crippen molar-refractivity contribution in [2.45, 2.75) is 0 Å². The van der Waals surface area contributed by atoms with Crippen LogP contribution >= 0.6 is 11.6 Å². The second-order valence-electron chi connectivity index (χ2n) is 3.96. The third kappa shape index (κ3) is 2.58. The number of carboxylic acid groups (broad SMARTS) is 1. The molecule has 20 heavy (non-hydrogen) atoms. The summed E-state index contributed by atoms with van der Waals surface area (Å²) in [5.74, 6) is -2.75. The van der Waals surface area contributed by atoms with Crippen LogP contribution in [0.2, 0.25) is 5.02 Å². The quantitative estimate of drug-likeness (QED) is 0.932. The normalized spacial score (nSPS) is 10.4. The second kappa shape index (κ2) is 5.46. The molecular weight excluding hydrogens is 290 g/mol. The predicted octanol–water partition coefficient (Wildman–Crippen LogP) is 3.99. The molecule has 0 aliphatic carbocycles. The third-order valence-corrected chi connectivity index (χ3v) is 3.07. The summed E-state index contributed by atoms with van der Waals surface area (Å²) in [5, 5.41) is 8.74. The number of halogens is 3. The molecule has 0 aromatic heterocycles. The first kappa shape index (κ1) is 14.3. The van der Waals surface area contributed by atoms with Crippen molar-refractivity contribution in [3.8, 4) is 16.9 Å². The number of ether oxygens (including phenoxy) is 1. The molecule has 2 aromatic carbocycles. The minimum Gasteiger partial charge on any atom is -0.497 e. The molecular formula is C14H9ClF2O3. The molecule has 0 atom stereocenters. The highest BCUT2D eigenvalue weighted by Crippen LogP contribution is 2.33. The van der Waals surface area contributed by atoms with Crippen LogP contribution in [0.3, 0.4) is 0 Å². The zero-order valence-corrected chi connectivity index (χ0v) is 11.0. The summed E-state index contributed by atoms with van der Waals surface area (Å²) < 4.78 is 32.4. The zero-order valence-electron chi connectivity index (χ0n) is 10.3. The van der Waals surface area contributed by atoms with Crippen LogP contribution in [0.1, 0.15) is 10.4 Å². The molecule has 0 heterocycles. The molecule has 0 unspecified atom stereocenters. The number of aromatic carboxylic acids is 1. The van der Waals surface area contributed by atoms with Crippen molar-refractivity contribution >= 4 is 17.6 Å². The van der Waals surface area contributed by atoms with Crippen molar-refractivity contribution in [2.75, 3.05) is 7.11 Å². The van der Waals surface area contributed by atoms with E-state index in [2.05, 4.69) is 0 Å². The summed E-state index contributed by atoms with van der Waals surface area (Å²) in [6, 6.07) is 5.87. The molecule has 2 rings (SSSR count). The number of benzene rings is 2. The number of hydrogen-bond donors (Lipinski definition) is 1. The smallest absolute Gasteiger partial charge is 0.338 e. The average Bonchev–Trinajstić information content (AvgIpc) is 2.40. The van der Waals surface area contributed by atoms with Crippen LogP contribution in [-0.4, -0.2) is 18.2 Å². The van der Waals surface area contributed by atoms with Gasteiger partial charge in [0.1, 0.15) is 17.4 Å². The van der Waals surface area contributed by atoms with Crippen LogP contribution in [0.25, 0.3) is 11.1 Å². The van der Waals surface area contributed by atoms with Crippen molar-refractivity contribution in [1.82, 2.24) is 0 Å².